The number of nitrogens with zero attached hydrogens (tertiary/aromatic N) is 1. The highest BCUT2D eigenvalue weighted by molar-refractivity contribution is 7.87. The number of carbonyl (C=O) groups excluding carboxylic acids is 1. The summed E-state index contributed by atoms with van der Waals surface area (Å²) in [7, 11) is -4.62. The van der Waals surface area contributed by atoms with Crippen LogP contribution in [0.15, 0.2) is 30.3 Å². The molecule has 0 bridgehead atoms. The van der Waals surface area contributed by atoms with Crippen LogP contribution in [-0.4, -0.2) is 44.1 Å². The molecule has 0 radical (unpaired) electrons. The maximum atomic E-state index is 12.9. The van der Waals surface area contributed by atoms with Gasteiger partial charge in [-0.3, -0.25) is 4.79 Å². The molecule has 1 aliphatic rings. The summed E-state index contributed by atoms with van der Waals surface area (Å²) in [6.45, 7) is 1.88. The summed E-state index contributed by atoms with van der Waals surface area (Å²) in [4.78, 5) is 13.0. The minimum Gasteiger partial charge on any atom is -0.341 e. The van der Waals surface area contributed by atoms with Crippen molar-refractivity contribution in [2.75, 3.05) is 19.6 Å². The zero-order chi connectivity index (χ0) is 15.3. The van der Waals surface area contributed by atoms with Crippen molar-refractivity contribution < 1.29 is 17.1 Å². The highest BCUT2D eigenvalue weighted by Crippen LogP contribution is 2.19. The minimum absolute atomic E-state index is 0.0314. The monoisotopic (exact) mass is 314 g/mol. The predicted octanol–water partition coefficient (Wildman–Crippen LogP) is 1.07. The predicted molar refractivity (Wildman–Crippen MR) is 77.8 cm³/mol. The molecule has 21 heavy (non-hydrogen) atoms. The second kappa shape index (κ2) is 7.00. The van der Waals surface area contributed by atoms with Crippen molar-refractivity contribution in [2.45, 2.75) is 24.6 Å². The summed E-state index contributed by atoms with van der Waals surface area (Å²) >= 11 is 0. The number of halogens is 1. The van der Waals surface area contributed by atoms with E-state index >= 15 is 0 Å². The van der Waals surface area contributed by atoms with Gasteiger partial charge in [0.05, 0.1) is 0 Å². The van der Waals surface area contributed by atoms with E-state index in [2.05, 4.69) is 5.32 Å². The van der Waals surface area contributed by atoms with Gasteiger partial charge in [-0.25, -0.2) is 0 Å². The zero-order valence-corrected chi connectivity index (χ0v) is 12.5. The van der Waals surface area contributed by atoms with E-state index in [-0.39, 0.29) is 18.9 Å². The molecule has 0 spiro atoms. The van der Waals surface area contributed by atoms with Gasteiger partial charge in [0.2, 0.25) is 5.91 Å². The molecule has 0 aliphatic carbocycles. The molecular formula is C14H19FN2O3S. The van der Waals surface area contributed by atoms with Crippen LogP contribution in [0.3, 0.4) is 0 Å². The lowest BCUT2D eigenvalue weighted by Gasteiger charge is -2.15. The second-order valence-electron chi connectivity index (χ2n) is 5.16. The molecule has 0 saturated carbocycles. The number of nitrogens with one attached hydrogen (secondary N) is 1. The van der Waals surface area contributed by atoms with Gasteiger partial charge >= 0.3 is 10.2 Å². The van der Waals surface area contributed by atoms with Crippen LogP contribution in [0.25, 0.3) is 0 Å². The Hall–Kier alpha value is -1.47. The Kier molecular flexibility index (Phi) is 5.30. The maximum absolute atomic E-state index is 12.9. The molecular weight excluding hydrogens is 295 g/mol. The maximum Gasteiger partial charge on any atom is 0.307 e. The van der Waals surface area contributed by atoms with E-state index in [1.165, 1.54) is 10.5 Å². The van der Waals surface area contributed by atoms with E-state index in [0.29, 0.717) is 19.5 Å². The van der Waals surface area contributed by atoms with Crippen LogP contribution in [-0.2, 0) is 21.6 Å². The Morgan fingerprint density at radius 1 is 1.29 bits per heavy atom. The quantitative estimate of drug-likeness (QED) is 0.604. The smallest absolute Gasteiger partial charge is 0.307 e. The molecule has 1 fully saturated rings. The number of rotatable bonds is 7. The van der Waals surface area contributed by atoms with E-state index in [1.54, 1.807) is 0 Å². The third kappa shape index (κ3) is 4.78. The van der Waals surface area contributed by atoms with Crippen molar-refractivity contribution in [2.24, 2.45) is 0 Å². The normalized spacial score (nSPS) is 19.2. The van der Waals surface area contributed by atoms with Crippen LogP contribution in [0.1, 0.15) is 18.4 Å². The first-order chi connectivity index (χ1) is 9.97. The number of benzene rings is 1. The van der Waals surface area contributed by atoms with Gasteiger partial charge in [0.15, 0.2) is 0 Å². The molecule has 5 nitrogen and oxygen atoms in total. The third-order valence-electron chi connectivity index (χ3n) is 3.53. The zero-order valence-electron chi connectivity index (χ0n) is 11.7. The summed E-state index contributed by atoms with van der Waals surface area (Å²) in [6.07, 6.45) is 0.466. The first-order valence-electron chi connectivity index (χ1n) is 6.92. The molecule has 7 heteroatoms. The van der Waals surface area contributed by atoms with Crippen molar-refractivity contribution in [1.29, 1.82) is 0 Å². The first-order valence-corrected chi connectivity index (χ1v) is 8.37. The number of carbonyl (C=O) groups is 1. The van der Waals surface area contributed by atoms with Gasteiger partial charge in [-0.05, 0) is 18.5 Å². The summed E-state index contributed by atoms with van der Waals surface area (Å²) < 4.78 is 34.5. The van der Waals surface area contributed by atoms with E-state index in [1.807, 2.05) is 30.3 Å². The van der Waals surface area contributed by atoms with Crippen LogP contribution in [0, 0.1) is 0 Å². The molecule has 1 atom stereocenters. The van der Waals surface area contributed by atoms with Gasteiger partial charge in [-0.2, -0.15) is 8.42 Å². The molecule has 1 aromatic rings. The molecule has 1 saturated heterocycles. The van der Waals surface area contributed by atoms with Gasteiger partial charge in [0.1, 0.15) is 5.25 Å². The third-order valence-corrected chi connectivity index (χ3v) is 4.64. The number of hydrogen-bond acceptors (Lipinski definition) is 4. The fourth-order valence-electron chi connectivity index (χ4n) is 2.36. The lowest BCUT2D eigenvalue weighted by Crippen LogP contribution is -2.30. The summed E-state index contributed by atoms with van der Waals surface area (Å²) in [6, 6.07) is 9.94. The summed E-state index contributed by atoms with van der Waals surface area (Å²) in [5.41, 5.74) is 1.18. The molecule has 0 aromatic heterocycles. The standard InChI is InChI=1S/C14H19FN2O3S/c15-21(19,20)13-9-14(18)17(11-13)8-4-7-16-10-12-5-2-1-3-6-12/h1-3,5-6,13,16H,4,7-11H2. The minimum atomic E-state index is -4.62. The van der Waals surface area contributed by atoms with Crippen molar-refractivity contribution in [3.63, 3.8) is 0 Å². The molecule has 1 N–H and O–H groups in total. The van der Waals surface area contributed by atoms with Crippen molar-refractivity contribution in [1.82, 2.24) is 10.2 Å². The molecule has 1 unspecified atom stereocenters. The van der Waals surface area contributed by atoms with Crippen molar-refractivity contribution in [3.05, 3.63) is 35.9 Å². The van der Waals surface area contributed by atoms with Crippen LogP contribution in [0.5, 0.6) is 0 Å². The highest BCUT2D eigenvalue weighted by atomic mass is 32.3. The molecule has 1 heterocycles. The van der Waals surface area contributed by atoms with Crippen molar-refractivity contribution in [3.8, 4) is 0 Å². The van der Waals surface area contributed by atoms with E-state index < -0.39 is 15.5 Å². The Morgan fingerprint density at radius 2 is 2.00 bits per heavy atom. The molecule has 116 valence electrons. The van der Waals surface area contributed by atoms with E-state index in [4.69, 9.17) is 0 Å². The Morgan fingerprint density at radius 3 is 2.62 bits per heavy atom. The number of hydrogen-bond donors (Lipinski definition) is 1. The van der Waals surface area contributed by atoms with Crippen LogP contribution in [0.4, 0.5) is 3.89 Å². The molecule has 1 aromatic carbocycles. The van der Waals surface area contributed by atoms with Crippen LogP contribution < -0.4 is 5.32 Å². The molecule has 1 aliphatic heterocycles. The summed E-state index contributed by atoms with van der Waals surface area (Å²) in [5, 5.41) is 2.06. The summed E-state index contributed by atoms with van der Waals surface area (Å²) in [5.74, 6) is -0.288. The Labute approximate surface area is 124 Å². The van der Waals surface area contributed by atoms with E-state index in [0.717, 1.165) is 6.54 Å². The lowest BCUT2D eigenvalue weighted by atomic mass is 10.2. The topological polar surface area (TPSA) is 66.5 Å². The van der Waals surface area contributed by atoms with Crippen LogP contribution >= 0.6 is 0 Å². The Bertz CT molecular complexity index is 577. The highest BCUT2D eigenvalue weighted by Gasteiger charge is 2.37. The second-order valence-corrected chi connectivity index (χ2v) is 6.78. The average Bonchev–Trinajstić information content (AvgIpc) is 2.81. The van der Waals surface area contributed by atoms with Gasteiger partial charge < -0.3 is 10.2 Å². The first kappa shape index (κ1) is 15.9. The van der Waals surface area contributed by atoms with Gasteiger partial charge in [0, 0.05) is 26.1 Å². The van der Waals surface area contributed by atoms with Gasteiger partial charge in [-0.1, -0.05) is 30.3 Å². The Balaban J connectivity index is 1.66. The fraction of sp³-hybridized carbons (Fsp3) is 0.500. The van der Waals surface area contributed by atoms with Gasteiger partial charge in [0.25, 0.3) is 0 Å². The molecule has 2 rings (SSSR count). The fourth-order valence-corrected chi connectivity index (χ4v) is 3.06. The van der Waals surface area contributed by atoms with Crippen LogP contribution in [0.2, 0.25) is 0 Å². The van der Waals surface area contributed by atoms with Gasteiger partial charge in [-0.15, -0.1) is 3.89 Å². The average molecular weight is 314 g/mol. The SMILES string of the molecule is O=C1CC(S(=O)(=O)F)CN1CCCNCc1ccccc1. The molecule has 1 amide bonds. The van der Waals surface area contributed by atoms with Crippen molar-refractivity contribution >= 4 is 16.1 Å². The number of likely N-dealkylation sites (tertiary alicyclic amines) is 1. The lowest BCUT2D eigenvalue weighted by molar-refractivity contribution is -0.127. The largest absolute Gasteiger partial charge is 0.341 e. The van der Waals surface area contributed by atoms with E-state index in [9.17, 15) is 17.1 Å². The number of amides is 1.